The van der Waals surface area contributed by atoms with Gasteiger partial charge in [0.05, 0.1) is 13.2 Å². The number of nitrogens with zero attached hydrogens (tertiary/aromatic N) is 2. The van der Waals surface area contributed by atoms with E-state index in [4.69, 9.17) is 9.47 Å². The number of carboxylic acids is 3. The van der Waals surface area contributed by atoms with Crippen LogP contribution >= 0.6 is 0 Å². The second-order valence-corrected chi connectivity index (χ2v) is 7.96. The second-order valence-electron chi connectivity index (χ2n) is 7.96. The van der Waals surface area contributed by atoms with Gasteiger partial charge >= 0.3 is 23.4 Å². The molecular formula is C22H25N2O8+. The summed E-state index contributed by atoms with van der Waals surface area (Å²) in [6.07, 6.45) is -0.246. The van der Waals surface area contributed by atoms with Gasteiger partial charge in [-0.1, -0.05) is 41.9 Å². The summed E-state index contributed by atoms with van der Waals surface area (Å²) in [7, 11) is 1.28. The van der Waals surface area contributed by atoms with Gasteiger partial charge < -0.3 is 24.8 Å². The summed E-state index contributed by atoms with van der Waals surface area (Å²) in [6.45, 7) is 3.89. The third-order valence-corrected chi connectivity index (χ3v) is 6.73. The molecule has 0 bridgehead atoms. The van der Waals surface area contributed by atoms with Crippen LogP contribution in [0.1, 0.15) is 38.4 Å². The minimum atomic E-state index is -2.31. The summed E-state index contributed by atoms with van der Waals surface area (Å²) >= 11 is 0. The first-order valence-electron chi connectivity index (χ1n) is 9.91. The first kappa shape index (κ1) is 23.0. The maximum atomic E-state index is 12.6. The number of hydrogen-bond donors (Lipinski definition) is 3. The lowest BCUT2D eigenvalue weighted by molar-refractivity contribution is -0.804. The van der Waals surface area contributed by atoms with E-state index in [2.05, 4.69) is 5.10 Å². The van der Waals surface area contributed by atoms with Crippen molar-refractivity contribution in [3.8, 4) is 11.6 Å². The molecule has 3 atom stereocenters. The lowest BCUT2D eigenvalue weighted by Crippen LogP contribution is -2.70. The van der Waals surface area contributed by atoms with Crippen LogP contribution in [-0.2, 0) is 31.9 Å². The molecule has 0 amide bonds. The number of aromatic nitrogens is 2. The van der Waals surface area contributed by atoms with Gasteiger partial charge in [-0.2, -0.15) is 0 Å². The Morgan fingerprint density at radius 3 is 2.12 bits per heavy atom. The highest BCUT2D eigenvalue weighted by Crippen LogP contribution is 2.58. The van der Waals surface area contributed by atoms with Gasteiger partial charge in [0.15, 0.2) is 16.6 Å². The van der Waals surface area contributed by atoms with E-state index < -0.39 is 34.3 Å². The van der Waals surface area contributed by atoms with Crippen molar-refractivity contribution in [2.75, 3.05) is 7.11 Å². The van der Waals surface area contributed by atoms with E-state index in [1.165, 1.54) is 27.0 Å². The first-order chi connectivity index (χ1) is 15.0. The Balaban J connectivity index is 2.33. The minimum Gasteiger partial charge on any atom is -0.490 e. The molecule has 170 valence electrons. The predicted octanol–water partition coefficient (Wildman–Crippen LogP) is 1.59. The van der Waals surface area contributed by atoms with E-state index in [9.17, 15) is 29.7 Å². The zero-order valence-corrected chi connectivity index (χ0v) is 18.2. The maximum absolute atomic E-state index is 12.6. The highest BCUT2D eigenvalue weighted by Gasteiger charge is 2.85. The Kier molecular flexibility index (Phi) is 5.58. The van der Waals surface area contributed by atoms with Crippen LogP contribution in [0.15, 0.2) is 36.4 Å². The molecule has 3 unspecified atom stereocenters. The van der Waals surface area contributed by atoms with Crippen LogP contribution in [0.25, 0.3) is 0 Å². The molecule has 2 heterocycles. The SMILES string of the molecule is CCC1(C(=O)O)[n+]2nc(OCc3ccccc3)cc(OC)c2C(C)(C(=O)O)C1(C)C(=O)O. The maximum Gasteiger partial charge on any atom is 0.380 e. The lowest BCUT2D eigenvalue weighted by atomic mass is 9.56. The van der Waals surface area contributed by atoms with Gasteiger partial charge in [0.2, 0.25) is 0 Å². The van der Waals surface area contributed by atoms with Crippen molar-refractivity contribution >= 4 is 17.9 Å². The summed E-state index contributed by atoms with van der Waals surface area (Å²) in [5.41, 5.74) is -6.04. The van der Waals surface area contributed by atoms with Gasteiger partial charge in [-0.05, 0) is 19.4 Å². The summed E-state index contributed by atoms with van der Waals surface area (Å²) in [4.78, 5) is 37.7. The van der Waals surface area contributed by atoms with Crippen LogP contribution in [0.2, 0.25) is 0 Å². The topological polar surface area (TPSA) is 147 Å². The number of carboxylic acid groups (broad SMARTS) is 3. The average Bonchev–Trinajstić information content (AvgIpc) is 2.95. The average molecular weight is 445 g/mol. The van der Waals surface area contributed by atoms with Gasteiger partial charge in [0.1, 0.15) is 6.61 Å². The highest BCUT2D eigenvalue weighted by atomic mass is 16.5. The molecule has 1 aliphatic heterocycles. The standard InChI is InChI=1S/C22H24N2O8/c1-5-22(19(29)30)21(3,18(27)28)20(2,17(25)26)16-14(31-4)11-15(23-24(16)22)32-12-13-9-7-6-8-10-13/h6-11H,5,12H2,1-4H3,(H2-,25,26,27,28,29,30)/p+1. The predicted molar refractivity (Wildman–Crippen MR) is 108 cm³/mol. The van der Waals surface area contributed by atoms with Gasteiger partial charge in [-0.15, -0.1) is 0 Å². The zero-order chi connectivity index (χ0) is 23.9. The Hall–Kier alpha value is -3.69. The number of benzene rings is 1. The molecule has 0 aliphatic carbocycles. The molecular weight excluding hydrogens is 420 g/mol. The molecule has 0 spiro atoms. The van der Waals surface area contributed by atoms with E-state index >= 15 is 0 Å². The molecule has 3 N–H and O–H groups in total. The van der Waals surface area contributed by atoms with Crippen molar-refractivity contribution in [2.24, 2.45) is 5.41 Å². The van der Waals surface area contributed by atoms with Crippen LogP contribution < -0.4 is 14.2 Å². The first-order valence-corrected chi connectivity index (χ1v) is 9.91. The summed E-state index contributed by atoms with van der Waals surface area (Å²) < 4.78 is 12.1. The zero-order valence-electron chi connectivity index (χ0n) is 18.2. The molecule has 3 rings (SSSR count). The van der Waals surface area contributed by atoms with Gasteiger partial charge in [0, 0.05) is 11.5 Å². The second kappa shape index (κ2) is 7.77. The Labute approximate surface area is 184 Å². The fourth-order valence-electron chi connectivity index (χ4n) is 4.68. The Morgan fingerprint density at radius 1 is 1.03 bits per heavy atom. The Bertz CT molecular complexity index is 1090. The molecule has 1 aliphatic rings. The molecule has 10 nitrogen and oxygen atoms in total. The summed E-state index contributed by atoms with van der Waals surface area (Å²) in [5, 5.41) is 34.9. The monoisotopic (exact) mass is 445 g/mol. The molecule has 0 saturated heterocycles. The molecule has 0 fully saturated rings. The molecule has 32 heavy (non-hydrogen) atoms. The van der Waals surface area contributed by atoms with E-state index in [-0.39, 0.29) is 30.4 Å². The third kappa shape index (κ3) is 2.75. The molecule has 10 heteroatoms. The normalized spacial score (nSPS) is 26.2. The van der Waals surface area contributed by atoms with Crippen molar-refractivity contribution < 1.29 is 43.9 Å². The molecule has 2 aromatic rings. The lowest BCUT2D eigenvalue weighted by Gasteiger charge is -2.36. The van der Waals surface area contributed by atoms with Crippen molar-refractivity contribution in [3.63, 3.8) is 0 Å². The van der Waals surface area contributed by atoms with Crippen LogP contribution in [0.3, 0.4) is 0 Å². The third-order valence-electron chi connectivity index (χ3n) is 6.73. The molecule has 0 saturated carbocycles. The number of rotatable bonds is 8. The van der Waals surface area contributed by atoms with Crippen LogP contribution in [0.4, 0.5) is 0 Å². The molecule has 1 aromatic carbocycles. The fourth-order valence-corrected chi connectivity index (χ4v) is 4.68. The van der Waals surface area contributed by atoms with Crippen molar-refractivity contribution in [2.45, 2.75) is 44.8 Å². The van der Waals surface area contributed by atoms with E-state index in [1.807, 2.05) is 30.3 Å². The van der Waals surface area contributed by atoms with Crippen LogP contribution in [0.5, 0.6) is 11.6 Å². The fraction of sp³-hybridized carbons (Fsp3) is 0.409. The van der Waals surface area contributed by atoms with Gasteiger partial charge in [-0.3, -0.25) is 9.59 Å². The van der Waals surface area contributed by atoms with Crippen molar-refractivity contribution in [1.29, 1.82) is 0 Å². The highest BCUT2D eigenvalue weighted by molar-refractivity contribution is 5.97. The molecule has 0 radical (unpaired) electrons. The number of ether oxygens (including phenoxy) is 2. The summed E-state index contributed by atoms with van der Waals surface area (Å²) in [6, 6.07) is 10.5. The van der Waals surface area contributed by atoms with E-state index in [0.717, 1.165) is 17.2 Å². The summed E-state index contributed by atoms with van der Waals surface area (Å²) in [5.74, 6) is -4.67. The Morgan fingerprint density at radius 2 is 1.66 bits per heavy atom. The van der Waals surface area contributed by atoms with Crippen molar-refractivity contribution in [1.82, 2.24) is 5.10 Å². The van der Waals surface area contributed by atoms with Crippen molar-refractivity contribution in [3.05, 3.63) is 47.7 Å². The number of hydrogen-bond acceptors (Lipinski definition) is 6. The smallest absolute Gasteiger partial charge is 0.380 e. The van der Waals surface area contributed by atoms with E-state index in [0.29, 0.717) is 0 Å². The number of aliphatic carboxylic acids is 3. The van der Waals surface area contributed by atoms with Crippen LogP contribution in [0, 0.1) is 5.41 Å². The van der Waals surface area contributed by atoms with E-state index in [1.54, 1.807) is 0 Å². The van der Waals surface area contributed by atoms with Gasteiger partial charge in [-0.25, -0.2) is 4.79 Å². The van der Waals surface area contributed by atoms with Crippen LogP contribution in [-0.4, -0.2) is 45.4 Å². The minimum absolute atomic E-state index is 0.0305. The molecule has 1 aromatic heterocycles. The quantitative estimate of drug-likeness (QED) is 0.515. The number of methoxy groups -OCH3 is 1. The number of fused-ring (bicyclic) bond motifs is 1. The van der Waals surface area contributed by atoms with Gasteiger partial charge in [0.25, 0.3) is 11.6 Å². The largest absolute Gasteiger partial charge is 0.490 e. The number of carbonyl (C=O) groups is 3.